The number of aromatic nitrogens is 4. The van der Waals surface area contributed by atoms with Crippen molar-refractivity contribution in [1.82, 2.24) is 19.5 Å². The SMILES string of the molecule is Cl.NC1(c2noc(-c3cnc4ccccn4c3=O)n2)CCC1. The molecule has 1 aliphatic rings. The van der Waals surface area contributed by atoms with E-state index in [9.17, 15) is 4.79 Å². The van der Waals surface area contributed by atoms with Gasteiger partial charge in [-0.3, -0.25) is 9.20 Å². The van der Waals surface area contributed by atoms with Crippen LogP contribution in [0.4, 0.5) is 0 Å². The third-order valence-electron chi connectivity index (χ3n) is 3.96. The minimum atomic E-state index is -0.512. The predicted octanol–water partition coefficient (Wildman–Crippen LogP) is 1.50. The van der Waals surface area contributed by atoms with Crippen LogP contribution in [0.2, 0.25) is 0 Å². The van der Waals surface area contributed by atoms with Gasteiger partial charge in [0, 0.05) is 12.4 Å². The van der Waals surface area contributed by atoms with E-state index in [0.29, 0.717) is 11.5 Å². The normalized spacial score (nSPS) is 16.0. The molecular formula is C14H14ClN5O2. The molecule has 2 N–H and O–H groups in total. The number of fused-ring (bicyclic) bond motifs is 1. The van der Waals surface area contributed by atoms with E-state index in [2.05, 4.69) is 15.1 Å². The minimum Gasteiger partial charge on any atom is -0.334 e. The van der Waals surface area contributed by atoms with Crippen LogP contribution in [0.1, 0.15) is 25.1 Å². The molecule has 1 fully saturated rings. The number of hydrogen-bond donors (Lipinski definition) is 1. The summed E-state index contributed by atoms with van der Waals surface area (Å²) in [6.07, 6.45) is 5.84. The second-order valence-electron chi connectivity index (χ2n) is 5.34. The molecule has 7 nitrogen and oxygen atoms in total. The van der Waals surface area contributed by atoms with Crippen LogP contribution in [0.3, 0.4) is 0 Å². The number of hydrogen-bond acceptors (Lipinski definition) is 6. The van der Waals surface area contributed by atoms with E-state index >= 15 is 0 Å². The van der Waals surface area contributed by atoms with Crippen molar-refractivity contribution in [2.75, 3.05) is 0 Å². The summed E-state index contributed by atoms with van der Waals surface area (Å²) in [6.45, 7) is 0. The van der Waals surface area contributed by atoms with Crippen molar-refractivity contribution in [1.29, 1.82) is 0 Å². The summed E-state index contributed by atoms with van der Waals surface area (Å²) < 4.78 is 6.65. The summed E-state index contributed by atoms with van der Waals surface area (Å²) >= 11 is 0. The molecule has 0 radical (unpaired) electrons. The summed E-state index contributed by atoms with van der Waals surface area (Å²) in [6, 6.07) is 5.34. The van der Waals surface area contributed by atoms with Gasteiger partial charge in [0.1, 0.15) is 11.2 Å². The molecule has 1 aliphatic carbocycles. The summed E-state index contributed by atoms with van der Waals surface area (Å²) in [5.74, 6) is 0.624. The molecule has 0 atom stereocenters. The van der Waals surface area contributed by atoms with E-state index in [1.165, 1.54) is 10.6 Å². The Labute approximate surface area is 131 Å². The molecule has 3 aromatic rings. The summed E-state index contributed by atoms with van der Waals surface area (Å²) in [5, 5.41) is 3.92. The van der Waals surface area contributed by atoms with Gasteiger partial charge >= 0.3 is 0 Å². The monoisotopic (exact) mass is 319 g/mol. The first-order valence-corrected chi connectivity index (χ1v) is 6.77. The van der Waals surface area contributed by atoms with Gasteiger partial charge in [0.25, 0.3) is 11.4 Å². The Hall–Kier alpha value is -2.25. The van der Waals surface area contributed by atoms with E-state index in [-0.39, 0.29) is 29.4 Å². The van der Waals surface area contributed by atoms with Crippen molar-refractivity contribution < 1.29 is 4.52 Å². The second kappa shape index (κ2) is 5.19. The largest absolute Gasteiger partial charge is 0.334 e. The Balaban J connectivity index is 0.00000144. The number of halogens is 1. The molecular weight excluding hydrogens is 306 g/mol. The smallest absolute Gasteiger partial charge is 0.270 e. The van der Waals surface area contributed by atoms with Crippen LogP contribution >= 0.6 is 12.4 Å². The van der Waals surface area contributed by atoms with Crippen LogP contribution in [0, 0.1) is 0 Å². The quantitative estimate of drug-likeness (QED) is 0.768. The lowest BCUT2D eigenvalue weighted by Gasteiger charge is -2.34. The van der Waals surface area contributed by atoms with E-state index in [1.54, 1.807) is 18.3 Å². The second-order valence-corrected chi connectivity index (χ2v) is 5.34. The van der Waals surface area contributed by atoms with E-state index in [0.717, 1.165) is 19.3 Å². The number of nitrogens with zero attached hydrogens (tertiary/aromatic N) is 4. The van der Waals surface area contributed by atoms with Crippen molar-refractivity contribution in [3.05, 3.63) is 46.8 Å². The average molecular weight is 320 g/mol. The lowest BCUT2D eigenvalue weighted by Crippen LogP contribution is -2.44. The number of nitrogens with two attached hydrogens (primary N) is 1. The van der Waals surface area contributed by atoms with Gasteiger partial charge in [-0.05, 0) is 31.4 Å². The third-order valence-corrected chi connectivity index (χ3v) is 3.96. The van der Waals surface area contributed by atoms with Crippen molar-refractivity contribution in [2.24, 2.45) is 5.73 Å². The van der Waals surface area contributed by atoms with Gasteiger partial charge in [-0.1, -0.05) is 11.2 Å². The van der Waals surface area contributed by atoms with Crippen molar-refractivity contribution in [3.8, 4) is 11.5 Å². The van der Waals surface area contributed by atoms with Crippen LogP contribution in [0.5, 0.6) is 0 Å². The Bertz CT molecular complexity index is 884. The Morgan fingerprint density at radius 3 is 2.86 bits per heavy atom. The van der Waals surface area contributed by atoms with Gasteiger partial charge in [-0.2, -0.15) is 4.98 Å². The summed E-state index contributed by atoms with van der Waals surface area (Å²) in [7, 11) is 0. The van der Waals surface area contributed by atoms with Gasteiger partial charge in [0.15, 0.2) is 5.82 Å². The topological polar surface area (TPSA) is 99.3 Å². The minimum absolute atomic E-state index is 0. The predicted molar refractivity (Wildman–Crippen MR) is 81.7 cm³/mol. The Kier molecular flexibility index (Phi) is 3.46. The molecule has 3 heterocycles. The highest BCUT2D eigenvalue weighted by Crippen LogP contribution is 2.37. The lowest BCUT2D eigenvalue weighted by atomic mass is 9.77. The highest BCUT2D eigenvalue weighted by atomic mass is 35.5. The zero-order valence-corrected chi connectivity index (χ0v) is 12.4. The van der Waals surface area contributed by atoms with E-state index in [4.69, 9.17) is 10.3 Å². The van der Waals surface area contributed by atoms with Gasteiger partial charge < -0.3 is 10.3 Å². The third kappa shape index (κ3) is 2.10. The molecule has 1 saturated carbocycles. The fraction of sp³-hybridized carbons (Fsp3) is 0.286. The Morgan fingerprint density at radius 2 is 2.14 bits per heavy atom. The lowest BCUT2D eigenvalue weighted by molar-refractivity contribution is 0.229. The van der Waals surface area contributed by atoms with Crippen LogP contribution < -0.4 is 11.3 Å². The van der Waals surface area contributed by atoms with Crippen LogP contribution in [0.25, 0.3) is 17.1 Å². The molecule has 0 saturated heterocycles. The molecule has 0 aliphatic heterocycles. The van der Waals surface area contributed by atoms with E-state index < -0.39 is 5.54 Å². The first-order chi connectivity index (χ1) is 10.2. The van der Waals surface area contributed by atoms with Crippen molar-refractivity contribution >= 4 is 18.1 Å². The fourth-order valence-electron chi connectivity index (χ4n) is 2.49. The molecule has 0 spiro atoms. The van der Waals surface area contributed by atoms with Crippen LogP contribution in [-0.4, -0.2) is 19.5 Å². The molecule has 8 heteroatoms. The van der Waals surface area contributed by atoms with Crippen LogP contribution in [-0.2, 0) is 5.54 Å². The van der Waals surface area contributed by atoms with Gasteiger partial charge in [0.05, 0.1) is 5.54 Å². The van der Waals surface area contributed by atoms with Gasteiger partial charge in [-0.25, -0.2) is 4.98 Å². The van der Waals surface area contributed by atoms with E-state index in [1.807, 2.05) is 6.07 Å². The molecule has 0 bridgehead atoms. The molecule has 22 heavy (non-hydrogen) atoms. The molecule has 3 aromatic heterocycles. The Morgan fingerprint density at radius 1 is 1.32 bits per heavy atom. The maximum absolute atomic E-state index is 12.4. The average Bonchev–Trinajstić information content (AvgIpc) is 2.95. The summed E-state index contributed by atoms with van der Waals surface area (Å²) in [4.78, 5) is 20.9. The fourth-order valence-corrected chi connectivity index (χ4v) is 2.49. The van der Waals surface area contributed by atoms with Crippen LogP contribution in [0.15, 0.2) is 39.9 Å². The highest BCUT2D eigenvalue weighted by molar-refractivity contribution is 5.85. The zero-order chi connectivity index (χ0) is 14.4. The van der Waals surface area contributed by atoms with Gasteiger partial charge in [-0.15, -0.1) is 12.4 Å². The standard InChI is InChI=1S/C14H13N5O2.ClH/c15-14(5-3-6-14)13-17-11(21-18-13)9-8-16-10-4-1-2-7-19(10)12(9)20;/h1-2,4,7-8H,3,5-6,15H2;1H. The number of rotatable bonds is 2. The molecule has 0 aromatic carbocycles. The summed E-state index contributed by atoms with van der Waals surface area (Å²) in [5.41, 5.74) is 6.26. The first kappa shape index (κ1) is 14.7. The van der Waals surface area contributed by atoms with Crippen molar-refractivity contribution in [3.63, 3.8) is 0 Å². The highest BCUT2D eigenvalue weighted by Gasteiger charge is 2.39. The number of pyridine rings is 1. The zero-order valence-electron chi connectivity index (χ0n) is 11.6. The molecule has 4 rings (SSSR count). The first-order valence-electron chi connectivity index (χ1n) is 6.77. The maximum Gasteiger partial charge on any atom is 0.270 e. The van der Waals surface area contributed by atoms with Crippen molar-refractivity contribution in [2.45, 2.75) is 24.8 Å². The molecule has 0 amide bonds. The van der Waals surface area contributed by atoms with Gasteiger partial charge in [0.2, 0.25) is 0 Å². The maximum atomic E-state index is 12.4. The molecule has 114 valence electrons. The molecule has 0 unspecified atom stereocenters.